The molecule has 0 saturated heterocycles. The Kier molecular flexibility index (Phi) is 7.82. The van der Waals surface area contributed by atoms with Crippen molar-refractivity contribution in [3.05, 3.63) is 0 Å². The molecule has 3 aliphatic rings. The van der Waals surface area contributed by atoms with E-state index in [4.69, 9.17) is 11.6 Å². The van der Waals surface area contributed by atoms with Gasteiger partial charge in [0.25, 0.3) is 0 Å². The average Bonchev–Trinajstić information content (AvgIpc) is 2.60. The van der Waals surface area contributed by atoms with Crippen LogP contribution in [0.2, 0.25) is 0 Å². The quantitative estimate of drug-likeness (QED) is 0.307. The van der Waals surface area contributed by atoms with Crippen molar-refractivity contribution < 1.29 is 0 Å². The van der Waals surface area contributed by atoms with Crippen molar-refractivity contribution in [2.45, 2.75) is 115 Å². The van der Waals surface area contributed by atoms with Gasteiger partial charge in [0.05, 0.1) is 0 Å². The lowest BCUT2D eigenvalue weighted by atomic mass is 9.56. The summed E-state index contributed by atoms with van der Waals surface area (Å²) < 4.78 is 0. The van der Waals surface area contributed by atoms with Gasteiger partial charge in [-0.05, 0) is 74.5 Å². The molecular formula is C23H41Cl. The first-order valence-electron chi connectivity index (χ1n) is 11.4. The van der Waals surface area contributed by atoms with E-state index in [1.807, 2.05) is 0 Å². The van der Waals surface area contributed by atoms with Crippen LogP contribution >= 0.6 is 11.6 Å². The van der Waals surface area contributed by atoms with Crippen molar-refractivity contribution in [2.75, 3.05) is 0 Å². The van der Waals surface area contributed by atoms with Crippen LogP contribution in [0, 0.1) is 29.6 Å². The van der Waals surface area contributed by atoms with Gasteiger partial charge in [-0.15, -0.1) is 11.6 Å². The molecule has 0 radical (unpaired) electrons. The van der Waals surface area contributed by atoms with E-state index in [9.17, 15) is 0 Å². The minimum Gasteiger partial charge on any atom is -0.123 e. The SMILES string of the molecule is CCCCCCCCC[C@H]1CCC2C(CCC3C[C@@H](Cl)CCC32)C1. The summed E-state index contributed by atoms with van der Waals surface area (Å²) in [6, 6.07) is 0. The summed E-state index contributed by atoms with van der Waals surface area (Å²) >= 11 is 6.45. The molecule has 0 aromatic rings. The summed E-state index contributed by atoms with van der Waals surface area (Å²) in [6.45, 7) is 2.31. The number of halogens is 1. The summed E-state index contributed by atoms with van der Waals surface area (Å²) in [7, 11) is 0. The molecule has 4 unspecified atom stereocenters. The molecule has 0 nitrogen and oxygen atoms in total. The van der Waals surface area contributed by atoms with Gasteiger partial charge in [-0.2, -0.15) is 0 Å². The molecular weight excluding hydrogens is 312 g/mol. The zero-order valence-corrected chi connectivity index (χ0v) is 16.9. The highest BCUT2D eigenvalue weighted by molar-refractivity contribution is 6.20. The highest BCUT2D eigenvalue weighted by Gasteiger charge is 2.44. The standard InChI is InChI=1S/C23H41Cl/c1-2-3-4-5-6-7-8-9-18-10-14-22-19(16-18)11-12-20-17-21(24)13-15-23(20)22/h18-23H,2-17H2,1H3/t18-,19?,20?,21-,22?,23?/m0/s1. The number of rotatable bonds is 8. The Bertz CT molecular complexity index is 352. The summed E-state index contributed by atoms with van der Waals surface area (Å²) in [6.07, 6.45) is 23.6. The third kappa shape index (κ3) is 5.15. The second-order valence-corrected chi connectivity index (χ2v) is 10.0. The normalized spacial score (nSPS) is 39.2. The van der Waals surface area contributed by atoms with E-state index < -0.39 is 0 Å². The van der Waals surface area contributed by atoms with Gasteiger partial charge < -0.3 is 0 Å². The zero-order valence-electron chi connectivity index (χ0n) is 16.2. The highest BCUT2D eigenvalue weighted by atomic mass is 35.5. The van der Waals surface area contributed by atoms with E-state index in [1.165, 1.54) is 83.5 Å². The fourth-order valence-electron chi connectivity index (χ4n) is 6.49. The summed E-state index contributed by atoms with van der Waals surface area (Å²) in [4.78, 5) is 0. The van der Waals surface area contributed by atoms with Gasteiger partial charge in [-0.1, -0.05) is 64.7 Å². The second kappa shape index (κ2) is 9.84. The van der Waals surface area contributed by atoms with Crippen molar-refractivity contribution >= 4 is 11.6 Å². The maximum absolute atomic E-state index is 6.45. The average molecular weight is 353 g/mol. The molecule has 3 fully saturated rings. The molecule has 140 valence electrons. The second-order valence-electron chi connectivity index (χ2n) is 9.42. The smallest absolute Gasteiger partial charge is 0.0338 e. The van der Waals surface area contributed by atoms with Gasteiger partial charge in [0.15, 0.2) is 0 Å². The Morgan fingerprint density at radius 3 is 2.04 bits per heavy atom. The first kappa shape index (κ1) is 19.1. The fraction of sp³-hybridized carbons (Fsp3) is 1.00. The van der Waals surface area contributed by atoms with Crippen molar-refractivity contribution in [1.82, 2.24) is 0 Å². The first-order chi connectivity index (χ1) is 11.8. The molecule has 3 aliphatic carbocycles. The lowest BCUT2D eigenvalue weighted by Gasteiger charge is -2.50. The molecule has 0 bridgehead atoms. The largest absolute Gasteiger partial charge is 0.123 e. The van der Waals surface area contributed by atoms with Gasteiger partial charge in [0, 0.05) is 5.38 Å². The highest BCUT2D eigenvalue weighted by Crippen LogP contribution is 2.53. The zero-order chi connectivity index (χ0) is 16.8. The van der Waals surface area contributed by atoms with Crippen molar-refractivity contribution in [3.8, 4) is 0 Å². The monoisotopic (exact) mass is 352 g/mol. The molecule has 3 saturated carbocycles. The van der Waals surface area contributed by atoms with Gasteiger partial charge in [-0.3, -0.25) is 0 Å². The predicted molar refractivity (Wildman–Crippen MR) is 107 cm³/mol. The Balaban J connectivity index is 1.34. The van der Waals surface area contributed by atoms with Gasteiger partial charge >= 0.3 is 0 Å². The Morgan fingerprint density at radius 1 is 0.667 bits per heavy atom. The van der Waals surface area contributed by atoms with Crippen molar-refractivity contribution in [1.29, 1.82) is 0 Å². The van der Waals surface area contributed by atoms with Crippen LogP contribution in [-0.2, 0) is 0 Å². The lowest BCUT2D eigenvalue weighted by molar-refractivity contribution is 0.0110. The number of hydrogen-bond donors (Lipinski definition) is 0. The summed E-state index contributed by atoms with van der Waals surface area (Å²) in [5.41, 5.74) is 0. The number of hydrogen-bond acceptors (Lipinski definition) is 0. The van der Waals surface area contributed by atoms with Gasteiger partial charge in [0.2, 0.25) is 0 Å². The summed E-state index contributed by atoms with van der Waals surface area (Å²) in [5, 5.41) is 0.497. The topological polar surface area (TPSA) is 0 Å². The van der Waals surface area contributed by atoms with Crippen LogP contribution in [-0.4, -0.2) is 5.38 Å². The molecule has 3 rings (SSSR count). The van der Waals surface area contributed by atoms with E-state index in [0.29, 0.717) is 5.38 Å². The molecule has 0 aromatic carbocycles. The molecule has 0 spiro atoms. The molecule has 0 aliphatic heterocycles. The predicted octanol–water partition coefficient (Wildman–Crippen LogP) is 7.98. The van der Waals surface area contributed by atoms with E-state index in [-0.39, 0.29) is 0 Å². The van der Waals surface area contributed by atoms with Crippen LogP contribution in [0.25, 0.3) is 0 Å². The van der Waals surface area contributed by atoms with Gasteiger partial charge in [0.1, 0.15) is 0 Å². The Hall–Kier alpha value is 0.290. The van der Waals surface area contributed by atoms with Crippen LogP contribution in [0.3, 0.4) is 0 Å². The molecule has 0 amide bonds. The van der Waals surface area contributed by atoms with E-state index in [0.717, 1.165) is 29.6 Å². The Morgan fingerprint density at radius 2 is 1.29 bits per heavy atom. The number of unbranched alkanes of at least 4 members (excludes halogenated alkanes) is 6. The van der Waals surface area contributed by atoms with Crippen LogP contribution in [0.15, 0.2) is 0 Å². The third-order valence-corrected chi connectivity index (χ3v) is 8.20. The van der Waals surface area contributed by atoms with Crippen LogP contribution in [0.1, 0.15) is 110 Å². The van der Waals surface area contributed by atoms with Crippen LogP contribution < -0.4 is 0 Å². The molecule has 24 heavy (non-hydrogen) atoms. The van der Waals surface area contributed by atoms with E-state index in [1.54, 1.807) is 19.3 Å². The van der Waals surface area contributed by atoms with Crippen molar-refractivity contribution in [3.63, 3.8) is 0 Å². The lowest BCUT2D eigenvalue weighted by Crippen LogP contribution is -2.41. The van der Waals surface area contributed by atoms with Gasteiger partial charge in [-0.25, -0.2) is 0 Å². The molecule has 6 atom stereocenters. The molecule has 0 aromatic heterocycles. The number of fused-ring (bicyclic) bond motifs is 3. The Labute approximate surface area is 156 Å². The molecule has 0 heterocycles. The van der Waals surface area contributed by atoms with Crippen LogP contribution in [0.4, 0.5) is 0 Å². The maximum Gasteiger partial charge on any atom is 0.0338 e. The maximum atomic E-state index is 6.45. The minimum absolute atomic E-state index is 0.497. The summed E-state index contributed by atoms with van der Waals surface area (Å²) in [5.74, 6) is 5.28. The fourth-order valence-corrected chi connectivity index (χ4v) is 6.84. The minimum atomic E-state index is 0.497. The van der Waals surface area contributed by atoms with Crippen LogP contribution in [0.5, 0.6) is 0 Å². The molecule has 1 heteroatoms. The van der Waals surface area contributed by atoms with E-state index >= 15 is 0 Å². The van der Waals surface area contributed by atoms with Crippen molar-refractivity contribution in [2.24, 2.45) is 29.6 Å². The molecule has 0 N–H and O–H groups in total. The third-order valence-electron chi connectivity index (χ3n) is 7.80. The first-order valence-corrected chi connectivity index (χ1v) is 11.9. The van der Waals surface area contributed by atoms with E-state index in [2.05, 4.69) is 6.92 Å². The number of alkyl halides is 1.